The lowest BCUT2D eigenvalue weighted by atomic mass is 10.2. The van der Waals surface area contributed by atoms with Crippen LogP contribution in [0.2, 0.25) is 0 Å². The number of hydrogen-bond acceptors (Lipinski definition) is 2. The van der Waals surface area contributed by atoms with Gasteiger partial charge in [0.05, 0.1) is 4.88 Å². The van der Waals surface area contributed by atoms with E-state index in [-0.39, 0.29) is 0 Å². The van der Waals surface area contributed by atoms with E-state index < -0.39 is 0 Å². The molecule has 2 N–H and O–H groups in total. The molecule has 1 aromatic heterocycles. The highest BCUT2D eigenvalue weighted by Gasteiger charge is 1.99. The highest BCUT2D eigenvalue weighted by Crippen LogP contribution is 2.11. The maximum Gasteiger partial charge on any atom is 0.111 e. The zero-order valence-corrected chi connectivity index (χ0v) is 11.2. The fourth-order valence-electron chi connectivity index (χ4n) is 1.74. The van der Waals surface area contributed by atoms with Crippen LogP contribution in [0.4, 0.5) is 5.69 Å². The van der Waals surface area contributed by atoms with Crippen LogP contribution in [-0.4, -0.2) is 14.1 Å². The second-order valence-corrected chi connectivity index (χ2v) is 5.37. The molecule has 0 unspecified atom stereocenters. The first kappa shape index (κ1) is 12.1. The van der Waals surface area contributed by atoms with Gasteiger partial charge in [0.15, 0.2) is 0 Å². The Morgan fingerprint density at radius 1 is 1.06 bits per heavy atom. The maximum absolute atomic E-state index is 2.34. The van der Waals surface area contributed by atoms with Crippen molar-refractivity contribution in [2.75, 3.05) is 19.0 Å². The molecule has 0 aliphatic carbocycles. The van der Waals surface area contributed by atoms with Gasteiger partial charge in [-0.2, -0.15) is 0 Å². The van der Waals surface area contributed by atoms with Gasteiger partial charge in [0.25, 0.3) is 0 Å². The SMILES string of the molecule is CN(C)c1ccc(C[NH2+]Cc2cccs2)cc1. The minimum atomic E-state index is 1.05. The molecule has 2 nitrogen and oxygen atoms in total. The molecule has 0 saturated carbocycles. The minimum absolute atomic E-state index is 1.05. The number of anilines is 1. The Labute approximate surface area is 107 Å². The Morgan fingerprint density at radius 3 is 2.41 bits per heavy atom. The monoisotopic (exact) mass is 247 g/mol. The molecule has 0 amide bonds. The number of quaternary nitrogens is 1. The van der Waals surface area contributed by atoms with E-state index in [9.17, 15) is 0 Å². The molecule has 3 heteroatoms. The summed E-state index contributed by atoms with van der Waals surface area (Å²) in [5.74, 6) is 0. The van der Waals surface area contributed by atoms with Crippen molar-refractivity contribution in [3.63, 3.8) is 0 Å². The first-order chi connectivity index (χ1) is 8.25. The van der Waals surface area contributed by atoms with E-state index in [1.165, 1.54) is 16.1 Å². The molecule has 0 radical (unpaired) electrons. The Balaban J connectivity index is 1.83. The molecular formula is C14H19N2S+. The first-order valence-electron chi connectivity index (χ1n) is 5.86. The summed E-state index contributed by atoms with van der Waals surface area (Å²) in [4.78, 5) is 3.56. The van der Waals surface area contributed by atoms with Crippen LogP contribution < -0.4 is 10.2 Å². The van der Waals surface area contributed by atoms with E-state index in [1.54, 1.807) is 0 Å². The fourth-order valence-corrected chi connectivity index (χ4v) is 2.44. The summed E-state index contributed by atoms with van der Waals surface area (Å²) in [7, 11) is 4.13. The van der Waals surface area contributed by atoms with Crippen molar-refractivity contribution in [3.8, 4) is 0 Å². The van der Waals surface area contributed by atoms with Crippen molar-refractivity contribution in [3.05, 3.63) is 52.2 Å². The van der Waals surface area contributed by atoms with Crippen molar-refractivity contribution >= 4 is 17.0 Å². The van der Waals surface area contributed by atoms with Crippen molar-refractivity contribution in [1.29, 1.82) is 0 Å². The van der Waals surface area contributed by atoms with Crippen LogP contribution in [0.3, 0.4) is 0 Å². The maximum atomic E-state index is 2.34. The average molecular weight is 247 g/mol. The number of benzene rings is 1. The van der Waals surface area contributed by atoms with Crippen molar-refractivity contribution in [2.45, 2.75) is 13.1 Å². The summed E-state index contributed by atoms with van der Waals surface area (Å²) in [6, 6.07) is 13.1. The quantitative estimate of drug-likeness (QED) is 0.857. The van der Waals surface area contributed by atoms with E-state index >= 15 is 0 Å². The first-order valence-corrected chi connectivity index (χ1v) is 6.74. The van der Waals surface area contributed by atoms with Gasteiger partial charge >= 0.3 is 0 Å². The molecule has 0 atom stereocenters. The summed E-state index contributed by atoms with van der Waals surface area (Å²) in [5, 5.41) is 4.48. The van der Waals surface area contributed by atoms with Crippen LogP contribution in [0.1, 0.15) is 10.4 Å². The number of hydrogen-bond donors (Lipinski definition) is 1. The Morgan fingerprint density at radius 2 is 1.82 bits per heavy atom. The van der Waals surface area contributed by atoms with Gasteiger partial charge in [-0.1, -0.05) is 18.2 Å². The summed E-state index contributed by atoms with van der Waals surface area (Å²) in [5.41, 5.74) is 2.64. The third-order valence-corrected chi connectivity index (χ3v) is 3.66. The smallest absolute Gasteiger partial charge is 0.111 e. The summed E-state index contributed by atoms with van der Waals surface area (Å²) < 4.78 is 0. The molecule has 2 aromatic rings. The van der Waals surface area contributed by atoms with Gasteiger partial charge in [-0.25, -0.2) is 0 Å². The normalized spacial score (nSPS) is 10.5. The largest absolute Gasteiger partial charge is 0.378 e. The van der Waals surface area contributed by atoms with Gasteiger partial charge < -0.3 is 10.2 Å². The van der Waals surface area contributed by atoms with E-state index in [2.05, 4.69) is 66.1 Å². The predicted molar refractivity (Wildman–Crippen MR) is 74.4 cm³/mol. The third kappa shape index (κ3) is 3.58. The molecule has 0 spiro atoms. The topological polar surface area (TPSA) is 19.9 Å². The molecule has 1 aromatic carbocycles. The summed E-state index contributed by atoms with van der Waals surface area (Å²) >= 11 is 1.83. The molecule has 17 heavy (non-hydrogen) atoms. The van der Waals surface area contributed by atoms with Gasteiger partial charge in [0.2, 0.25) is 0 Å². The molecular weight excluding hydrogens is 228 g/mol. The molecule has 90 valence electrons. The fraction of sp³-hybridized carbons (Fsp3) is 0.286. The van der Waals surface area contributed by atoms with Crippen LogP contribution in [0.15, 0.2) is 41.8 Å². The number of nitrogens with zero attached hydrogens (tertiary/aromatic N) is 1. The van der Waals surface area contributed by atoms with E-state index in [1.807, 2.05) is 11.3 Å². The molecule has 0 fully saturated rings. The summed E-state index contributed by atoms with van der Waals surface area (Å²) in [6.07, 6.45) is 0. The molecule has 0 aliphatic heterocycles. The highest BCUT2D eigenvalue weighted by molar-refractivity contribution is 7.09. The summed E-state index contributed by atoms with van der Waals surface area (Å²) in [6.45, 7) is 2.12. The van der Waals surface area contributed by atoms with E-state index in [4.69, 9.17) is 0 Å². The van der Waals surface area contributed by atoms with Crippen LogP contribution in [-0.2, 0) is 13.1 Å². The Hall–Kier alpha value is -1.32. The van der Waals surface area contributed by atoms with Gasteiger partial charge in [-0.3, -0.25) is 0 Å². The van der Waals surface area contributed by atoms with Gasteiger partial charge in [0.1, 0.15) is 13.1 Å². The third-order valence-electron chi connectivity index (χ3n) is 2.76. The molecule has 0 saturated heterocycles. The standard InChI is InChI=1S/C14H18N2S/c1-16(2)13-7-5-12(6-8-13)10-15-11-14-4-3-9-17-14/h3-9,15H,10-11H2,1-2H3/p+1. The molecule has 1 heterocycles. The van der Waals surface area contributed by atoms with Crippen LogP contribution in [0, 0.1) is 0 Å². The zero-order chi connectivity index (χ0) is 12.1. The number of nitrogens with two attached hydrogens (primary N) is 1. The van der Waals surface area contributed by atoms with Crippen molar-refractivity contribution in [2.24, 2.45) is 0 Å². The lowest BCUT2D eigenvalue weighted by molar-refractivity contribution is -0.685. The van der Waals surface area contributed by atoms with E-state index in [0.29, 0.717) is 0 Å². The lowest BCUT2D eigenvalue weighted by Gasteiger charge is -2.12. The van der Waals surface area contributed by atoms with Gasteiger partial charge in [-0.15, -0.1) is 11.3 Å². The van der Waals surface area contributed by atoms with Crippen LogP contribution in [0.5, 0.6) is 0 Å². The van der Waals surface area contributed by atoms with E-state index in [0.717, 1.165) is 13.1 Å². The van der Waals surface area contributed by atoms with Gasteiger partial charge in [-0.05, 0) is 23.6 Å². The van der Waals surface area contributed by atoms with Crippen LogP contribution >= 0.6 is 11.3 Å². The average Bonchev–Trinajstić information content (AvgIpc) is 2.83. The molecule has 0 aliphatic rings. The second-order valence-electron chi connectivity index (χ2n) is 4.34. The Kier molecular flexibility index (Phi) is 4.18. The van der Waals surface area contributed by atoms with Gasteiger partial charge in [0, 0.05) is 25.3 Å². The minimum Gasteiger partial charge on any atom is -0.378 e. The van der Waals surface area contributed by atoms with Crippen molar-refractivity contribution < 1.29 is 5.32 Å². The molecule has 0 bridgehead atoms. The number of rotatable bonds is 5. The molecule has 2 rings (SSSR count). The number of thiophene rings is 1. The second kappa shape index (κ2) is 5.84. The highest BCUT2D eigenvalue weighted by atomic mass is 32.1. The Bertz CT molecular complexity index is 432. The lowest BCUT2D eigenvalue weighted by Crippen LogP contribution is -2.80. The predicted octanol–water partition coefficient (Wildman–Crippen LogP) is 2.08. The van der Waals surface area contributed by atoms with Crippen LogP contribution in [0.25, 0.3) is 0 Å². The van der Waals surface area contributed by atoms with Crippen molar-refractivity contribution in [1.82, 2.24) is 0 Å². The zero-order valence-electron chi connectivity index (χ0n) is 10.4.